The van der Waals surface area contributed by atoms with Crippen molar-refractivity contribution >= 4 is 23.4 Å². The van der Waals surface area contributed by atoms with Gasteiger partial charge in [-0.25, -0.2) is 4.79 Å². The summed E-state index contributed by atoms with van der Waals surface area (Å²) in [6.07, 6.45) is -0.181. The number of ketones is 1. The Labute approximate surface area is 91.4 Å². The van der Waals surface area contributed by atoms with Gasteiger partial charge in [0.15, 0.2) is 0 Å². The molecule has 0 radical (unpaired) electrons. The van der Waals surface area contributed by atoms with Gasteiger partial charge in [-0.2, -0.15) is 0 Å². The third-order valence-corrected chi connectivity index (χ3v) is 2.26. The fraction of sp³-hybridized carbons (Fsp3) is 0.200. The second kappa shape index (κ2) is 4.79. The van der Waals surface area contributed by atoms with E-state index >= 15 is 0 Å². The molecule has 0 bridgehead atoms. The summed E-state index contributed by atoms with van der Waals surface area (Å²) in [5.74, 6) is -1.74. The first kappa shape index (κ1) is 11.5. The molecule has 1 aromatic carbocycles. The topological polar surface area (TPSA) is 63.6 Å². The number of phenols is 1. The zero-order valence-corrected chi connectivity index (χ0v) is 8.75. The number of hydrogen-bond acceptors (Lipinski definition) is 4. The quantitative estimate of drug-likeness (QED) is 0.626. The van der Waals surface area contributed by atoms with E-state index in [1.165, 1.54) is 6.07 Å². The molecule has 0 aliphatic heterocycles. The highest BCUT2D eigenvalue weighted by atomic mass is 35.5. The first-order valence-electron chi connectivity index (χ1n) is 4.13. The van der Waals surface area contributed by atoms with Crippen LogP contribution in [0, 0.1) is 0 Å². The number of halogens is 1. The summed E-state index contributed by atoms with van der Waals surface area (Å²) in [7, 11) is 1.13. The standard InChI is InChI=1S/C10H9ClO4/c1-15-10(14)8(13)5-6-3-2-4-7(12)9(6)11/h2-4,12H,5H2,1H3. The molecule has 0 aromatic heterocycles. The molecule has 0 unspecified atom stereocenters. The minimum absolute atomic E-state index is 0.0785. The molecule has 0 saturated carbocycles. The zero-order chi connectivity index (χ0) is 11.4. The van der Waals surface area contributed by atoms with Crippen LogP contribution in [-0.4, -0.2) is 24.0 Å². The number of carbonyl (C=O) groups excluding carboxylic acids is 2. The molecule has 0 spiro atoms. The summed E-state index contributed by atoms with van der Waals surface area (Å²) < 4.78 is 4.26. The second-order valence-electron chi connectivity index (χ2n) is 2.84. The molecule has 0 aliphatic rings. The fourth-order valence-electron chi connectivity index (χ4n) is 1.06. The summed E-state index contributed by atoms with van der Waals surface area (Å²) in [6, 6.07) is 4.50. The van der Waals surface area contributed by atoms with Gasteiger partial charge < -0.3 is 9.84 Å². The monoisotopic (exact) mass is 228 g/mol. The van der Waals surface area contributed by atoms with Crippen LogP contribution in [0.2, 0.25) is 5.02 Å². The molecule has 0 saturated heterocycles. The van der Waals surface area contributed by atoms with Gasteiger partial charge in [0.05, 0.1) is 12.1 Å². The Hall–Kier alpha value is -1.55. The normalized spacial score (nSPS) is 9.73. The average Bonchev–Trinajstić information content (AvgIpc) is 2.23. The number of carbonyl (C=O) groups is 2. The van der Waals surface area contributed by atoms with E-state index in [2.05, 4.69) is 4.74 Å². The van der Waals surface area contributed by atoms with E-state index in [-0.39, 0.29) is 17.2 Å². The zero-order valence-electron chi connectivity index (χ0n) is 7.99. The third-order valence-electron chi connectivity index (χ3n) is 1.82. The molecule has 80 valence electrons. The molecule has 0 heterocycles. The maximum absolute atomic E-state index is 11.2. The summed E-state index contributed by atoms with van der Waals surface area (Å²) >= 11 is 5.73. The Morgan fingerprint density at radius 2 is 2.13 bits per heavy atom. The van der Waals surface area contributed by atoms with Crippen LogP contribution in [0.3, 0.4) is 0 Å². The minimum atomic E-state index is -0.922. The van der Waals surface area contributed by atoms with Crippen LogP contribution in [0.4, 0.5) is 0 Å². The van der Waals surface area contributed by atoms with Gasteiger partial charge in [-0.15, -0.1) is 0 Å². The van der Waals surface area contributed by atoms with Gasteiger partial charge in [0.2, 0.25) is 5.78 Å². The second-order valence-corrected chi connectivity index (χ2v) is 3.22. The molecule has 1 N–H and O–H groups in total. The molecule has 0 aliphatic carbocycles. The van der Waals surface area contributed by atoms with Crippen molar-refractivity contribution in [3.63, 3.8) is 0 Å². The maximum Gasteiger partial charge on any atom is 0.374 e. The first-order chi connectivity index (χ1) is 7.06. The average molecular weight is 229 g/mol. The molecule has 4 nitrogen and oxygen atoms in total. The van der Waals surface area contributed by atoms with Crippen molar-refractivity contribution in [2.75, 3.05) is 7.11 Å². The number of phenolic OH excluding ortho intramolecular Hbond substituents is 1. The van der Waals surface area contributed by atoms with E-state index in [0.29, 0.717) is 5.56 Å². The number of Topliss-reactive ketones (excluding diaryl/α,β-unsaturated/α-hetero) is 1. The van der Waals surface area contributed by atoms with Crippen LogP contribution in [0.1, 0.15) is 5.56 Å². The number of ether oxygens (including phenoxy) is 1. The van der Waals surface area contributed by atoms with E-state index in [1.54, 1.807) is 12.1 Å². The number of benzene rings is 1. The Kier molecular flexibility index (Phi) is 3.68. The molecule has 0 atom stereocenters. The van der Waals surface area contributed by atoms with Crippen LogP contribution in [0.15, 0.2) is 18.2 Å². The van der Waals surface area contributed by atoms with Crippen molar-refractivity contribution < 1.29 is 19.4 Å². The van der Waals surface area contributed by atoms with Crippen LogP contribution in [0.25, 0.3) is 0 Å². The number of esters is 1. The lowest BCUT2D eigenvalue weighted by molar-refractivity contribution is -0.151. The highest BCUT2D eigenvalue weighted by Crippen LogP contribution is 2.26. The number of rotatable bonds is 3. The van der Waals surface area contributed by atoms with Crippen LogP contribution >= 0.6 is 11.6 Å². The highest BCUT2D eigenvalue weighted by Gasteiger charge is 2.16. The van der Waals surface area contributed by atoms with Gasteiger partial charge in [0.25, 0.3) is 0 Å². The Bertz CT molecular complexity index is 400. The lowest BCUT2D eigenvalue weighted by Gasteiger charge is -2.03. The van der Waals surface area contributed by atoms with Crippen molar-refractivity contribution in [2.24, 2.45) is 0 Å². The Morgan fingerprint density at radius 3 is 2.73 bits per heavy atom. The van der Waals surface area contributed by atoms with Gasteiger partial charge in [-0.3, -0.25) is 4.79 Å². The van der Waals surface area contributed by atoms with E-state index in [0.717, 1.165) is 7.11 Å². The van der Waals surface area contributed by atoms with Gasteiger partial charge in [-0.1, -0.05) is 23.7 Å². The van der Waals surface area contributed by atoms with Gasteiger partial charge in [0.1, 0.15) is 5.75 Å². The van der Waals surface area contributed by atoms with Crippen LogP contribution in [-0.2, 0) is 20.7 Å². The maximum atomic E-state index is 11.2. The number of methoxy groups -OCH3 is 1. The van der Waals surface area contributed by atoms with E-state index in [1.807, 2.05) is 0 Å². The van der Waals surface area contributed by atoms with Crippen LogP contribution < -0.4 is 0 Å². The van der Waals surface area contributed by atoms with E-state index in [4.69, 9.17) is 11.6 Å². The lowest BCUT2D eigenvalue weighted by Crippen LogP contribution is -2.17. The first-order valence-corrected chi connectivity index (χ1v) is 4.51. The van der Waals surface area contributed by atoms with Crippen molar-refractivity contribution in [3.05, 3.63) is 28.8 Å². The molecule has 0 amide bonds. The van der Waals surface area contributed by atoms with E-state index in [9.17, 15) is 14.7 Å². The number of hydrogen-bond donors (Lipinski definition) is 1. The Morgan fingerprint density at radius 1 is 1.47 bits per heavy atom. The smallest absolute Gasteiger partial charge is 0.374 e. The Balaban J connectivity index is 2.86. The van der Waals surface area contributed by atoms with Crippen LogP contribution in [0.5, 0.6) is 5.75 Å². The predicted octanol–water partition coefficient (Wildman–Crippen LogP) is 1.33. The largest absolute Gasteiger partial charge is 0.506 e. The number of aromatic hydroxyl groups is 1. The van der Waals surface area contributed by atoms with Gasteiger partial charge >= 0.3 is 5.97 Å². The SMILES string of the molecule is COC(=O)C(=O)Cc1cccc(O)c1Cl. The summed E-state index contributed by atoms with van der Waals surface area (Å²) in [5, 5.41) is 9.33. The third kappa shape index (κ3) is 2.70. The fourth-order valence-corrected chi connectivity index (χ4v) is 1.25. The van der Waals surface area contributed by atoms with Crippen molar-refractivity contribution in [1.29, 1.82) is 0 Å². The minimum Gasteiger partial charge on any atom is -0.506 e. The molecule has 5 heteroatoms. The summed E-state index contributed by atoms with van der Waals surface area (Å²) in [4.78, 5) is 22.0. The summed E-state index contributed by atoms with van der Waals surface area (Å²) in [6.45, 7) is 0. The lowest BCUT2D eigenvalue weighted by atomic mass is 10.1. The molecule has 1 aromatic rings. The molecular weight excluding hydrogens is 220 g/mol. The molecule has 1 rings (SSSR count). The molecule has 0 fully saturated rings. The highest BCUT2D eigenvalue weighted by molar-refractivity contribution is 6.36. The van der Waals surface area contributed by atoms with Crippen molar-refractivity contribution in [3.8, 4) is 5.75 Å². The van der Waals surface area contributed by atoms with Gasteiger partial charge in [-0.05, 0) is 11.6 Å². The molecular formula is C10H9ClO4. The predicted molar refractivity (Wildman–Crippen MR) is 53.8 cm³/mol. The van der Waals surface area contributed by atoms with Crippen molar-refractivity contribution in [1.82, 2.24) is 0 Å². The molecule has 15 heavy (non-hydrogen) atoms. The summed E-state index contributed by atoms with van der Waals surface area (Å²) in [5.41, 5.74) is 0.395. The van der Waals surface area contributed by atoms with Gasteiger partial charge in [0, 0.05) is 6.42 Å². The van der Waals surface area contributed by atoms with Crippen molar-refractivity contribution in [2.45, 2.75) is 6.42 Å². The van der Waals surface area contributed by atoms with E-state index < -0.39 is 11.8 Å².